The van der Waals surface area contributed by atoms with Gasteiger partial charge < -0.3 is 30.7 Å². The van der Waals surface area contributed by atoms with E-state index in [2.05, 4.69) is 15.4 Å². The Hall–Kier alpha value is -3.45. The van der Waals surface area contributed by atoms with Crippen molar-refractivity contribution in [3.05, 3.63) is 59.8 Å². The number of aliphatic hydroxyl groups excluding tert-OH is 2. The highest BCUT2D eigenvalue weighted by atomic mass is 19.1. The van der Waals surface area contributed by atoms with Gasteiger partial charge in [-0.1, -0.05) is 26.0 Å². The second-order valence-corrected chi connectivity index (χ2v) is 9.99. The Bertz CT molecular complexity index is 1300. The molecule has 1 aromatic carbocycles. The maximum atomic E-state index is 13.2. The van der Waals surface area contributed by atoms with Gasteiger partial charge in [-0.15, -0.1) is 0 Å². The van der Waals surface area contributed by atoms with Crippen molar-refractivity contribution in [2.24, 2.45) is 11.7 Å². The second-order valence-electron chi connectivity index (χ2n) is 9.99. The molecule has 0 saturated carbocycles. The van der Waals surface area contributed by atoms with Gasteiger partial charge in [0.05, 0.1) is 18.3 Å². The normalized spacial score (nSPS) is 24.1. The number of carbonyl (C=O) groups excluding carboxylic acids is 2. The molecule has 4 rings (SSSR count). The molecule has 3 aromatic rings. The van der Waals surface area contributed by atoms with Crippen LogP contribution in [0.3, 0.4) is 0 Å². The number of aromatic nitrogens is 3. The summed E-state index contributed by atoms with van der Waals surface area (Å²) in [6.07, 6.45) is -1.78. The van der Waals surface area contributed by atoms with E-state index in [4.69, 9.17) is 15.2 Å². The first-order valence-corrected chi connectivity index (χ1v) is 12.3. The van der Waals surface area contributed by atoms with Crippen molar-refractivity contribution >= 4 is 23.2 Å². The number of amides is 1. The number of aliphatic hydroxyl groups is 2. The Kier molecular flexibility index (Phi) is 8.07. The number of ether oxygens (including phenoxy) is 2. The minimum absolute atomic E-state index is 0.0598. The number of halogens is 1. The molecule has 2 aromatic heterocycles. The Morgan fingerprint density at radius 3 is 2.63 bits per heavy atom. The molecule has 0 aliphatic carbocycles. The molecule has 12 heteroatoms. The van der Waals surface area contributed by atoms with Crippen molar-refractivity contribution in [3.8, 4) is 0 Å². The summed E-state index contributed by atoms with van der Waals surface area (Å²) >= 11 is 0. The zero-order valence-corrected chi connectivity index (χ0v) is 21.4. The monoisotopic (exact) mass is 529 g/mol. The summed E-state index contributed by atoms with van der Waals surface area (Å²) in [5.41, 5.74) is 6.16. The number of nitrogens with two attached hydrogens (primary N) is 1. The number of hydrogen-bond acceptors (Lipinski definition) is 9. The number of benzene rings is 1. The van der Waals surface area contributed by atoms with E-state index in [-0.39, 0.29) is 30.4 Å². The fourth-order valence-electron chi connectivity index (χ4n) is 4.58. The van der Waals surface area contributed by atoms with Gasteiger partial charge in [-0.2, -0.15) is 5.10 Å². The van der Waals surface area contributed by atoms with Crippen molar-refractivity contribution < 1.29 is 33.7 Å². The summed E-state index contributed by atoms with van der Waals surface area (Å²) in [5, 5.41) is 28.0. The SMILES string of the molecule is CC(C)CC(=O)O[C@H]1[C@@H](O)[C@](C)(c2ccc3c(NC(=O)[C@@H](N)Cc4ccc(F)cc4)ncnn23)O[C@@H]1CO. The van der Waals surface area contributed by atoms with E-state index in [1.165, 1.54) is 23.0 Å². The van der Waals surface area contributed by atoms with Crippen LogP contribution in [0.1, 0.15) is 38.4 Å². The molecular weight excluding hydrogens is 497 g/mol. The molecule has 0 spiro atoms. The highest BCUT2D eigenvalue weighted by Gasteiger charge is 2.55. The summed E-state index contributed by atoms with van der Waals surface area (Å²) in [5.74, 6) is -1.14. The zero-order valence-electron chi connectivity index (χ0n) is 21.4. The summed E-state index contributed by atoms with van der Waals surface area (Å²) in [4.78, 5) is 29.2. The van der Waals surface area contributed by atoms with Gasteiger partial charge in [0, 0.05) is 6.42 Å². The minimum Gasteiger partial charge on any atom is -0.457 e. The van der Waals surface area contributed by atoms with Gasteiger partial charge in [-0.05, 0) is 49.1 Å². The van der Waals surface area contributed by atoms with Gasteiger partial charge in [-0.25, -0.2) is 13.9 Å². The second kappa shape index (κ2) is 11.1. The number of esters is 1. The van der Waals surface area contributed by atoms with E-state index in [0.29, 0.717) is 16.8 Å². The molecule has 5 N–H and O–H groups in total. The number of rotatable bonds is 9. The molecule has 3 heterocycles. The van der Waals surface area contributed by atoms with Crippen molar-refractivity contribution in [2.45, 2.75) is 63.6 Å². The number of nitrogens with one attached hydrogen (secondary N) is 1. The van der Waals surface area contributed by atoms with Crippen LogP contribution in [0.2, 0.25) is 0 Å². The smallest absolute Gasteiger partial charge is 0.306 e. The number of hydrogen-bond donors (Lipinski definition) is 4. The number of anilines is 1. The number of nitrogens with zero attached hydrogens (tertiary/aromatic N) is 3. The maximum absolute atomic E-state index is 13.2. The average Bonchev–Trinajstić information content (AvgIpc) is 3.41. The molecular formula is C26H32FN5O6. The molecule has 5 atom stereocenters. The van der Waals surface area contributed by atoms with E-state index in [9.17, 15) is 24.2 Å². The molecule has 1 amide bonds. The predicted octanol–water partition coefficient (Wildman–Crippen LogP) is 1.30. The summed E-state index contributed by atoms with van der Waals surface area (Å²) < 4.78 is 26.1. The lowest BCUT2D eigenvalue weighted by Crippen LogP contribution is -2.42. The Labute approximate surface area is 218 Å². The van der Waals surface area contributed by atoms with Crippen molar-refractivity contribution in [1.29, 1.82) is 0 Å². The molecule has 1 aliphatic rings. The predicted molar refractivity (Wildman–Crippen MR) is 134 cm³/mol. The molecule has 1 aliphatic heterocycles. The first-order valence-electron chi connectivity index (χ1n) is 12.3. The highest BCUT2D eigenvalue weighted by Crippen LogP contribution is 2.41. The molecule has 1 fully saturated rings. The summed E-state index contributed by atoms with van der Waals surface area (Å²) in [7, 11) is 0. The third-order valence-corrected chi connectivity index (χ3v) is 6.57. The lowest BCUT2D eigenvalue weighted by atomic mass is 9.93. The van der Waals surface area contributed by atoms with E-state index in [1.807, 2.05) is 13.8 Å². The Morgan fingerprint density at radius 2 is 1.97 bits per heavy atom. The molecule has 1 saturated heterocycles. The molecule has 0 unspecified atom stereocenters. The lowest BCUT2D eigenvalue weighted by molar-refractivity contribution is -0.157. The quantitative estimate of drug-likeness (QED) is 0.299. The molecule has 204 valence electrons. The van der Waals surface area contributed by atoms with Crippen LogP contribution in [0.4, 0.5) is 10.2 Å². The van der Waals surface area contributed by atoms with E-state index < -0.39 is 48.4 Å². The van der Waals surface area contributed by atoms with Crippen LogP contribution >= 0.6 is 0 Å². The Morgan fingerprint density at radius 1 is 1.26 bits per heavy atom. The standard InChI is InChI=1S/C26H32FN5O6/c1-14(2)10-21(34)37-22-19(12-33)38-26(3,23(22)35)20-9-8-18-24(29-13-30-32(18)20)31-25(36)17(28)11-15-4-6-16(27)7-5-15/h4-9,13-14,17,19,22-23,33,35H,10-12,28H2,1-3H3,(H,29,30,31,36)/t17-,19+,22+,23+,26-/m0/s1. The van der Waals surface area contributed by atoms with E-state index >= 15 is 0 Å². The van der Waals surface area contributed by atoms with Gasteiger partial charge in [0.2, 0.25) is 5.91 Å². The van der Waals surface area contributed by atoms with Crippen LogP contribution < -0.4 is 11.1 Å². The van der Waals surface area contributed by atoms with Gasteiger partial charge >= 0.3 is 5.97 Å². The third-order valence-electron chi connectivity index (χ3n) is 6.57. The summed E-state index contributed by atoms with van der Waals surface area (Å²) in [6, 6.07) is 8.09. The lowest BCUT2D eigenvalue weighted by Gasteiger charge is -2.27. The van der Waals surface area contributed by atoms with Crippen molar-refractivity contribution in [2.75, 3.05) is 11.9 Å². The van der Waals surface area contributed by atoms with Gasteiger partial charge in [0.15, 0.2) is 11.9 Å². The molecule has 0 bridgehead atoms. The van der Waals surface area contributed by atoms with Gasteiger partial charge in [0.25, 0.3) is 0 Å². The van der Waals surface area contributed by atoms with Crippen LogP contribution in [-0.2, 0) is 31.1 Å². The first-order chi connectivity index (χ1) is 18.0. The largest absolute Gasteiger partial charge is 0.457 e. The number of fused-ring (bicyclic) bond motifs is 1. The minimum atomic E-state index is -1.41. The fourth-order valence-corrected chi connectivity index (χ4v) is 4.58. The Balaban J connectivity index is 1.55. The molecule has 0 radical (unpaired) electrons. The summed E-state index contributed by atoms with van der Waals surface area (Å²) in [6.45, 7) is 4.87. The van der Waals surface area contributed by atoms with Gasteiger partial charge in [-0.3, -0.25) is 9.59 Å². The highest BCUT2D eigenvalue weighted by molar-refractivity contribution is 5.97. The molecule has 11 nitrogen and oxygen atoms in total. The van der Waals surface area contributed by atoms with Gasteiger partial charge in [0.1, 0.15) is 35.5 Å². The van der Waals surface area contributed by atoms with Crippen LogP contribution in [0.5, 0.6) is 0 Å². The number of carbonyl (C=O) groups is 2. The molecule has 38 heavy (non-hydrogen) atoms. The topological polar surface area (TPSA) is 161 Å². The van der Waals surface area contributed by atoms with Crippen molar-refractivity contribution in [3.63, 3.8) is 0 Å². The van der Waals surface area contributed by atoms with E-state index in [1.54, 1.807) is 31.2 Å². The third kappa shape index (κ3) is 5.53. The average molecular weight is 530 g/mol. The van der Waals surface area contributed by atoms with Crippen LogP contribution in [-0.4, -0.2) is 67.6 Å². The van der Waals surface area contributed by atoms with Crippen LogP contribution in [0.15, 0.2) is 42.7 Å². The van der Waals surface area contributed by atoms with Crippen LogP contribution in [0, 0.1) is 11.7 Å². The maximum Gasteiger partial charge on any atom is 0.306 e. The zero-order chi connectivity index (χ0) is 27.6. The van der Waals surface area contributed by atoms with Crippen molar-refractivity contribution in [1.82, 2.24) is 14.6 Å². The van der Waals surface area contributed by atoms with Crippen LogP contribution in [0.25, 0.3) is 5.52 Å². The van der Waals surface area contributed by atoms with E-state index in [0.717, 1.165) is 0 Å². The first kappa shape index (κ1) is 27.6. The fraction of sp³-hybridized carbons (Fsp3) is 0.462.